The Kier molecular flexibility index (Phi) is 7.98. The number of carbonyl (C=O) groups is 1. The molecule has 0 radical (unpaired) electrons. The summed E-state index contributed by atoms with van der Waals surface area (Å²) in [7, 11) is -2.12. The molecule has 0 aliphatic rings. The minimum absolute atomic E-state index is 0.119. The Hall–Kier alpha value is -2.42. The van der Waals surface area contributed by atoms with Crippen LogP contribution in [-0.2, 0) is 19.6 Å². The second-order valence-corrected chi connectivity index (χ2v) is 8.15. The highest BCUT2D eigenvalue weighted by Gasteiger charge is 2.18. The molecule has 0 saturated carbocycles. The van der Waals surface area contributed by atoms with Crippen molar-refractivity contribution in [1.29, 1.82) is 0 Å². The second kappa shape index (κ2) is 10.2. The fraction of sp³-hybridized carbons (Fsp3) is 0.350. The topological polar surface area (TPSA) is 93.7 Å². The Balaban J connectivity index is 1.93. The van der Waals surface area contributed by atoms with Crippen LogP contribution in [0.15, 0.2) is 59.5 Å². The highest BCUT2D eigenvalue weighted by Crippen LogP contribution is 2.19. The van der Waals surface area contributed by atoms with Crippen LogP contribution in [0, 0.1) is 0 Å². The standard InChI is InChI=1S/C20H26N2O5S/c1-15(13-26-3)21-20(23)14-27-18-9-11-19(12-10-18)28(24,25)22-16(2)17-7-5-4-6-8-17/h4-12,15-16,22H,13-14H2,1-3H3,(H,21,23)/t15-,16+/m1/s1. The quantitative estimate of drug-likeness (QED) is 0.631. The van der Waals surface area contributed by atoms with E-state index in [9.17, 15) is 13.2 Å². The molecule has 0 saturated heterocycles. The Morgan fingerprint density at radius 2 is 1.68 bits per heavy atom. The van der Waals surface area contributed by atoms with Crippen LogP contribution in [-0.4, -0.2) is 40.7 Å². The highest BCUT2D eigenvalue weighted by molar-refractivity contribution is 7.89. The molecule has 0 spiro atoms. The molecular weight excluding hydrogens is 380 g/mol. The smallest absolute Gasteiger partial charge is 0.258 e. The van der Waals surface area contributed by atoms with E-state index in [1.807, 2.05) is 37.3 Å². The lowest BCUT2D eigenvalue weighted by atomic mass is 10.1. The molecule has 0 aromatic heterocycles. The summed E-state index contributed by atoms with van der Waals surface area (Å²) in [6.45, 7) is 3.86. The maximum atomic E-state index is 12.5. The molecule has 0 aliphatic heterocycles. The van der Waals surface area contributed by atoms with E-state index in [4.69, 9.17) is 9.47 Å². The summed E-state index contributed by atoms with van der Waals surface area (Å²) in [6, 6.07) is 14.8. The van der Waals surface area contributed by atoms with Crippen molar-refractivity contribution in [2.45, 2.75) is 30.8 Å². The van der Waals surface area contributed by atoms with E-state index in [1.165, 1.54) is 24.3 Å². The van der Waals surface area contributed by atoms with Crippen molar-refractivity contribution in [3.63, 3.8) is 0 Å². The van der Waals surface area contributed by atoms with E-state index in [1.54, 1.807) is 14.0 Å². The number of hydrogen-bond acceptors (Lipinski definition) is 5. The fourth-order valence-electron chi connectivity index (χ4n) is 2.58. The largest absolute Gasteiger partial charge is 0.484 e. The molecule has 2 atom stereocenters. The van der Waals surface area contributed by atoms with Gasteiger partial charge in [-0.3, -0.25) is 4.79 Å². The Morgan fingerprint density at radius 1 is 1.04 bits per heavy atom. The van der Waals surface area contributed by atoms with Crippen molar-refractivity contribution in [2.24, 2.45) is 0 Å². The minimum Gasteiger partial charge on any atom is -0.484 e. The first-order chi connectivity index (χ1) is 13.3. The lowest BCUT2D eigenvalue weighted by Crippen LogP contribution is -2.38. The van der Waals surface area contributed by atoms with Gasteiger partial charge in [0.2, 0.25) is 10.0 Å². The third kappa shape index (κ3) is 6.63. The summed E-state index contributed by atoms with van der Waals surface area (Å²) in [5, 5.41) is 2.73. The first kappa shape index (κ1) is 21.9. The van der Waals surface area contributed by atoms with Gasteiger partial charge < -0.3 is 14.8 Å². The predicted molar refractivity (Wildman–Crippen MR) is 107 cm³/mol. The monoisotopic (exact) mass is 406 g/mol. The van der Waals surface area contributed by atoms with Gasteiger partial charge in [-0.25, -0.2) is 13.1 Å². The van der Waals surface area contributed by atoms with Crippen LogP contribution in [0.2, 0.25) is 0 Å². The number of methoxy groups -OCH3 is 1. The summed E-state index contributed by atoms with van der Waals surface area (Å²) in [6.07, 6.45) is 0. The lowest BCUT2D eigenvalue weighted by molar-refractivity contribution is -0.124. The van der Waals surface area contributed by atoms with E-state index in [2.05, 4.69) is 10.0 Å². The molecule has 2 aromatic rings. The summed E-state index contributed by atoms with van der Waals surface area (Å²) in [5.41, 5.74) is 0.875. The Morgan fingerprint density at radius 3 is 2.29 bits per heavy atom. The number of ether oxygens (including phenoxy) is 2. The van der Waals surface area contributed by atoms with Crippen LogP contribution in [0.25, 0.3) is 0 Å². The Labute approximate surface area is 166 Å². The van der Waals surface area contributed by atoms with E-state index in [0.29, 0.717) is 12.4 Å². The molecule has 7 nitrogen and oxygen atoms in total. The molecule has 0 bridgehead atoms. The zero-order valence-corrected chi connectivity index (χ0v) is 17.0. The van der Waals surface area contributed by atoms with E-state index >= 15 is 0 Å². The van der Waals surface area contributed by atoms with Gasteiger partial charge in [-0.15, -0.1) is 0 Å². The van der Waals surface area contributed by atoms with Gasteiger partial charge in [0.05, 0.1) is 11.5 Å². The van der Waals surface area contributed by atoms with Gasteiger partial charge in [0.1, 0.15) is 5.75 Å². The molecule has 28 heavy (non-hydrogen) atoms. The molecule has 152 valence electrons. The number of benzene rings is 2. The van der Waals surface area contributed by atoms with Crippen LogP contribution in [0.5, 0.6) is 5.75 Å². The molecule has 0 heterocycles. The second-order valence-electron chi connectivity index (χ2n) is 6.44. The number of rotatable bonds is 10. The van der Waals surface area contributed by atoms with Gasteiger partial charge in [0.25, 0.3) is 5.91 Å². The van der Waals surface area contributed by atoms with Crippen LogP contribution in [0.4, 0.5) is 0 Å². The zero-order valence-electron chi connectivity index (χ0n) is 16.2. The van der Waals surface area contributed by atoms with Crippen molar-refractivity contribution in [3.8, 4) is 5.75 Å². The zero-order chi connectivity index (χ0) is 20.6. The van der Waals surface area contributed by atoms with Gasteiger partial charge >= 0.3 is 0 Å². The maximum absolute atomic E-state index is 12.5. The predicted octanol–water partition coefficient (Wildman–Crippen LogP) is 2.26. The average Bonchev–Trinajstić information content (AvgIpc) is 2.67. The van der Waals surface area contributed by atoms with Gasteiger partial charge in [-0.1, -0.05) is 30.3 Å². The molecule has 2 rings (SSSR count). The number of carbonyl (C=O) groups excluding carboxylic acids is 1. The molecule has 1 amide bonds. The van der Waals surface area contributed by atoms with Crippen molar-refractivity contribution in [2.75, 3.05) is 20.3 Å². The van der Waals surface area contributed by atoms with Gasteiger partial charge in [-0.2, -0.15) is 0 Å². The van der Waals surface area contributed by atoms with Crippen molar-refractivity contribution in [1.82, 2.24) is 10.0 Å². The summed E-state index contributed by atoms with van der Waals surface area (Å²) in [4.78, 5) is 11.9. The Bertz CT molecular complexity index is 854. The summed E-state index contributed by atoms with van der Waals surface area (Å²) in [5.74, 6) is 0.129. The molecular formula is C20H26N2O5S. The fourth-order valence-corrected chi connectivity index (χ4v) is 3.81. The lowest BCUT2D eigenvalue weighted by Gasteiger charge is -2.15. The van der Waals surface area contributed by atoms with E-state index < -0.39 is 10.0 Å². The molecule has 0 fully saturated rings. The summed E-state index contributed by atoms with van der Waals surface area (Å²) < 4.78 is 38.1. The van der Waals surface area contributed by atoms with Gasteiger partial charge in [0, 0.05) is 19.2 Å². The minimum atomic E-state index is -3.68. The third-order valence-electron chi connectivity index (χ3n) is 3.96. The van der Waals surface area contributed by atoms with Crippen molar-refractivity contribution >= 4 is 15.9 Å². The third-order valence-corrected chi connectivity index (χ3v) is 5.52. The first-order valence-electron chi connectivity index (χ1n) is 8.90. The van der Waals surface area contributed by atoms with Crippen molar-refractivity contribution in [3.05, 3.63) is 60.2 Å². The normalized spacial score (nSPS) is 13.5. The maximum Gasteiger partial charge on any atom is 0.258 e. The van der Waals surface area contributed by atoms with E-state index in [0.717, 1.165) is 5.56 Å². The highest BCUT2D eigenvalue weighted by atomic mass is 32.2. The molecule has 2 aromatic carbocycles. The molecule has 2 N–H and O–H groups in total. The number of nitrogens with one attached hydrogen (secondary N) is 2. The number of sulfonamides is 1. The van der Waals surface area contributed by atoms with Gasteiger partial charge in [0.15, 0.2) is 6.61 Å². The molecule has 0 unspecified atom stereocenters. The number of hydrogen-bond donors (Lipinski definition) is 2. The number of amides is 1. The SMILES string of the molecule is COC[C@@H](C)NC(=O)COc1ccc(S(=O)(=O)N[C@@H](C)c2ccccc2)cc1. The van der Waals surface area contributed by atoms with Crippen LogP contribution >= 0.6 is 0 Å². The average molecular weight is 407 g/mol. The van der Waals surface area contributed by atoms with Crippen LogP contribution in [0.1, 0.15) is 25.5 Å². The van der Waals surface area contributed by atoms with Crippen LogP contribution < -0.4 is 14.8 Å². The van der Waals surface area contributed by atoms with E-state index in [-0.39, 0.29) is 29.5 Å². The molecule has 8 heteroatoms. The van der Waals surface area contributed by atoms with Crippen molar-refractivity contribution < 1.29 is 22.7 Å². The first-order valence-corrected chi connectivity index (χ1v) is 10.4. The molecule has 0 aliphatic carbocycles. The van der Waals surface area contributed by atoms with Crippen LogP contribution in [0.3, 0.4) is 0 Å². The summed E-state index contributed by atoms with van der Waals surface area (Å²) >= 11 is 0. The van der Waals surface area contributed by atoms with Gasteiger partial charge in [-0.05, 0) is 43.7 Å².